The highest BCUT2D eigenvalue weighted by molar-refractivity contribution is 7.89. The first-order chi connectivity index (χ1) is 12.4. The first-order valence-corrected chi connectivity index (χ1v) is 10.7. The molecule has 8 heteroatoms. The summed E-state index contributed by atoms with van der Waals surface area (Å²) in [6.45, 7) is 5.00. The van der Waals surface area contributed by atoms with E-state index in [-0.39, 0.29) is 9.77 Å². The Morgan fingerprint density at radius 3 is 2.58 bits per heavy atom. The number of carbonyl (C=O) groups is 1. The first kappa shape index (κ1) is 19.0. The van der Waals surface area contributed by atoms with Gasteiger partial charge in [0.2, 0.25) is 10.0 Å². The molecule has 1 saturated heterocycles. The summed E-state index contributed by atoms with van der Waals surface area (Å²) in [5, 5.41) is 1.60. The van der Waals surface area contributed by atoms with Crippen molar-refractivity contribution in [2.75, 3.05) is 33.3 Å². The standard InChI is InChI=1S/C18H22N2O4S2/c1-14-4-3-5-15(12-14)13-19-7-9-20(10-8-19)26(22,23)16-6-11-25-17(16)18(21)24-2/h3-6,11-12H,7-10,13H2,1-2H3. The number of piperazine rings is 1. The van der Waals surface area contributed by atoms with E-state index in [1.54, 1.807) is 5.38 Å². The molecular weight excluding hydrogens is 372 g/mol. The summed E-state index contributed by atoms with van der Waals surface area (Å²) in [6, 6.07) is 9.82. The van der Waals surface area contributed by atoms with Crippen LogP contribution in [-0.2, 0) is 21.3 Å². The molecular formula is C18H22N2O4S2. The minimum absolute atomic E-state index is 0.0430. The summed E-state index contributed by atoms with van der Waals surface area (Å²) in [5.74, 6) is -0.614. The number of nitrogens with zero attached hydrogens (tertiary/aromatic N) is 2. The summed E-state index contributed by atoms with van der Waals surface area (Å²) in [7, 11) is -2.44. The SMILES string of the molecule is COC(=O)c1sccc1S(=O)(=O)N1CCN(Cc2cccc(C)c2)CC1. The number of rotatable bonds is 5. The van der Waals surface area contributed by atoms with Crippen molar-refractivity contribution in [1.29, 1.82) is 0 Å². The molecule has 0 N–H and O–H groups in total. The summed E-state index contributed by atoms with van der Waals surface area (Å²) in [5.41, 5.74) is 2.45. The maximum atomic E-state index is 12.9. The molecule has 0 atom stereocenters. The number of benzene rings is 1. The van der Waals surface area contributed by atoms with Crippen molar-refractivity contribution in [2.45, 2.75) is 18.4 Å². The number of ether oxygens (including phenoxy) is 1. The quantitative estimate of drug-likeness (QED) is 0.729. The number of methoxy groups -OCH3 is 1. The van der Waals surface area contributed by atoms with Gasteiger partial charge in [-0.25, -0.2) is 13.2 Å². The molecule has 0 unspecified atom stereocenters. The maximum absolute atomic E-state index is 12.9. The lowest BCUT2D eigenvalue weighted by Crippen LogP contribution is -2.48. The van der Waals surface area contributed by atoms with Gasteiger partial charge in [0.25, 0.3) is 0 Å². The van der Waals surface area contributed by atoms with Crippen LogP contribution < -0.4 is 0 Å². The van der Waals surface area contributed by atoms with Crippen molar-refractivity contribution in [3.8, 4) is 0 Å². The number of esters is 1. The van der Waals surface area contributed by atoms with E-state index in [9.17, 15) is 13.2 Å². The maximum Gasteiger partial charge on any atom is 0.349 e. The van der Waals surface area contributed by atoms with Gasteiger partial charge in [-0.1, -0.05) is 29.8 Å². The molecule has 26 heavy (non-hydrogen) atoms. The van der Waals surface area contributed by atoms with Gasteiger partial charge in [-0.3, -0.25) is 4.90 Å². The Balaban J connectivity index is 1.67. The number of aryl methyl sites for hydroxylation is 1. The van der Waals surface area contributed by atoms with Gasteiger partial charge in [0.15, 0.2) is 0 Å². The van der Waals surface area contributed by atoms with Crippen molar-refractivity contribution >= 4 is 27.3 Å². The second kappa shape index (κ2) is 7.87. The van der Waals surface area contributed by atoms with Gasteiger partial charge in [-0.05, 0) is 23.9 Å². The number of carbonyl (C=O) groups excluding carboxylic acids is 1. The average Bonchev–Trinajstić information content (AvgIpc) is 3.12. The van der Waals surface area contributed by atoms with Gasteiger partial charge in [-0.2, -0.15) is 4.31 Å². The van der Waals surface area contributed by atoms with E-state index in [4.69, 9.17) is 4.74 Å². The van der Waals surface area contributed by atoms with Gasteiger partial charge >= 0.3 is 5.97 Å². The second-order valence-corrected chi connectivity index (χ2v) is 9.10. The summed E-state index contributed by atoms with van der Waals surface area (Å²) >= 11 is 1.09. The normalized spacial score (nSPS) is 16.5. The Labute approximate surface area is 158 Å². The van der Waals surface area contributed by atoms with Crippen LogP contribution in [0.1, 0.15) is 20.8 Å². The zero-order chi connectivity index (χ0) is 18.7. The van der Waals surface area contributed by atoms with Crippen LogP contribution in [0.5, 0.6) is 0 Å². The Morgan fingerprint density at radius 2 is 1.92 bits per heavy atom. The number of thiophene rings is 1. The van der Waals surface area contributed by atoms with Crippen molar-refractivity contribution in [3.63, 3.8) is 0 Å². The van der Waals surface area contributed by atoms with E-state index >= 15 is 0 Å². The number of hydrogen-bond acceptors (Lipinski definition) is 6. The largest absolute Gasteiger partial charge is 0.465 e. The Hall–Kier alpha value is -1.74. The highest BCUT2D eigenvalue weighted by atomic mass is 32.2. The second-order valence-electron chi connectivity index (χ2n) is 6.27. The van der Waals surface area contributed by atoms with Gasteiger partial charge in [0, 0.05) is 32.7 Å². The third-order valence-electron chi connectivity index (χ3n) is 4.44. The highest BCUT2D eigenvalue weighted by Crippen LogP contribution is 2.27. The molecule has 1 aliphatic rings. The van der Waals surface area contributed by atoms with Crippen LogP contribution in [0, 0.1) is 6.92 Å². The minimum Gasteiger partial charge on any atom is -0.465 e. The molecule has 1 aromatic carbocycles. The number of hydrogen-bond donors (Lipinski definition) is 0. The van der Waals surface area contributed by atoms with Crippen molar-refractivity contribution in [2.24, 2.45) is 0 Å². The molecule has 1 aromatic heterocycles. The van der Waals surface area contributed by atoms with Crippen LogP contribution in [-0.4, -0.2) is 56.9 Å². The molecule has 2 heterocycles. The average molecular weight is 395 g/mol. The van der Waals surface area contributed by atoms with Gasteiger partial charge < -0.3 is 4.74 Å². The molecule has 1 aliphatic heterocycles. The lowest BCUT2D eigenvalue weighted by molar-refractivity contribution is 0.0602. The zero-order valence-corrected chi connectivity index (χ0v) is 16.5. The van der Waals surface area contributed by atoms with Crippen LogP contribution in [0.2, 0.25) is 0 Å². The van der Waals surface area contributed by atoms with Gasteiger partial charge in [-0.15, -0.1) is 11.3 Å². The topological polar surface area (TPSA) is 66.9 Å². The van der Waals surface area contributed by atoms with E-state index in [1.165, 1.54) is 28.6 Å². The van der Waals surface area contributed by atoms with Crippen LogP contribution in [0.15, 0.2) is 40.6 Å². The van der Waals surface area contributed by atoms with E-state index in [2.05, 4.69) is 30.0 Å². The first-order valence-electron chi connectivity index (χ1n) is 8.35. The Morgan fingerprint density at radius 1 is 1.19 bits per heavy atom. The fraction of sp³-hybridized carbons (Fsp3) is 0.389. The van der Waals surface area contributed by atoms with Crippen LogP contribution in [0.4, 0.5) is 0 Å². The summed E-state index contributed by atoms with van der Waals surface area (Å²) < 4.78 is 32.0. The fourth-order valence-electron chi connectivity index (χ4n) is 3.08. The monoisotopic (exact) mass is 394 g/mol. The summed E-state index contributed by atoms with van der Waals surface area (Å²) in [6.07, 6.45) is 0. The summed E-state index contributed by atoms with van der Waals surface area (Å²) in [4.78, 5) is 14.2. The van der Waals surface area contributed by atoms with E-state index in [0.717, 1.165) is 17.9 Å². The van der Waals surface area contributed by atoms with Crippen molar-refractivity contribution < 1.29 is 17.9 Å². The molecule has 0 radical (unpaired) electrons. The molecule has 140 valence electrons. The van der Waals surface area contributed by atoms with Crippen molar-refractivity contribution in [3.05, 3.63) is 51.7 Å². The third-order valence-corrected chi connectivity index (χ3v) is 7.40. The molecule has 3 rings (SSSR count). The predicted octanol–water partition coefficient (Wildman–Crippen LogP) is 2.35. The molecule has 0 bridgehead atoms. The molecule has 2 aromatic rings. The van der Waals surface area contributed by atoms with Gasteiger partial charge in [0.1, 0.15) is 9.77 Å². The lowest BCUT2D eigenvalue weighted by atomic mass is 10.1. The minimum atomic E-state index is -3.69. The number of sulfonamides is 1. The van der Waals surface area contributed by atoms with Crippen LogP contribution in [0.25, 0.3) is 0 Å². The van der Waals surface area contributed by atoms with E-state index < -0.39 is 16.0 Å². The molecule has 6 nitrogen and oxygen atoms in total. The lowest BCUT2D eigenvalue weighted by Gasteiger charge is -2.34. The van der Waals surface area contributed by atoms with Crippen LogP contribution >= 0.6 is 11.3 Å². The predicted molar refractivity (Wildman–Crippen MR) is 101 cm³/mol. The highest BCUT2D eigenvalue weighted by Gasteiger charge is 2.32. The van der Waals surface area contributed by atoms with E-state index in [0.29, 0.717) is 26.2 Å². The van der Waals surface area contributed by atoms with Crippen molar-refractivity contribution in [1.82, 2.24) is 9.21 Å². The fourth-order valence-corrected chi connectivity index (χ4v) is 5.81. The third kappa shape index (κ3) is 3.98. The molecule has 0 saturated carbocycles. The van der Waals surface area contributed by atoms with E-state index in [1.807, 2.05) is 6.07 Å². The Kier molecular flexibility index (Phi) is 5.76. The molecule has 0 amide bonds. The Bertz CT molecular complexity index is 884. The molecule has 0 spiro atoms. The zero-order valence-electron chi connectivity index (χ0n) is 14.8. The smallest absolute Gasteiger partial charge is 0.349 e. The van der Waals surface area contributed by atoms with Crippen LogP contribution in [0.3, 0.4) is 0 Å². The van der Waals surface area contributed by atoms with Gasteiger partial charge in [0.05, 0.1) is 7.11 Å². The molecule has 0 aliphatic carbocycles. The molecule has 1 fully saturated rings.